The van der Waals surface area contributed by atoms with E-state index < -0.39 is 29.5 Å². The minimum absolute atomic E-state index is 0.238. The van der Waals surface area contributed by atoms with Crippen LogP contribution in [0.15, 0.2) is 36.4 Å². The quantitative estimate of drug-likeness (QED) is 0.661. The van der Waals surface area contributed by atoms with Gasteiger partial charge >= 0.3 is 5.97 Å². The van der Waals surface area contributed by atoms with Crippen molar-refractivity contribution in [3.63, 3.8) is 0 Å². The Bertz CT molecular complexity index is 710. The van der Waals surface area contributed by atoms with Crippen LogP contribution < -0.4 is 4.90 Å². The van der Waals surface area contributed by atoms with Gasteiger partial charge in [0.25, 0.3) is 0 Å². The van der Waals surface area contributed by atoms with Crippen molar-refractivity contribution in [1.82, 2.24) is 0 Å². The van der Waals surface area contributed by atoms with Gasteiger partial charge in [0.2, 0.25) is 5.91 Å². The van der Waals surface area contributed by atoms with Gasteiger partial charge in [0, 0.05) is 11.3 Å². The van der Waals surface area contributed by atoms with Crippen molar-refractivity contribution in [3.8, 4) is 0 Å². The highest BCUT2D eigenvalue weighted by Crippen LogP contribution is 2.52. The summed E-state index contributed by atoms with van der Waals surface area (Å²) < 4.78 is 5.81. The average Bonchev–Trinajstić information content (AvgIpc) is 3.15. The van der Waals surface area contributed by atoms with Crippen LogP contribution in [0.2, 0.25) is 0 Å². The largest absolute Gasteiger partial charge is 0.481 e. The van der Waals surface area contributed by atoms with Gasteiger partial charge in [0.05, 0.1) is 18.6 Å². The van der Waals surface area contributed by atoms with Crippen LogP contribution in [-0.2, 0) is 14.3 Å². The van der Waals surface area contributed by atoms with Crippen LogP contribution in [-0.4, -0.2) is 41.5 Å². The number of ether oxygens (including phenoxy) is 1. The van der Waals surface area contributed by atoms with Crippen LogP contribution in [0, 0.1) is 11.8 Å². The summed E-state index contributed by atoms with van der Waals surface area (Å²) in [5.74, 6) is -2.77. The highest BCUT2D eigenvalue weighted by Gasteiger charge is 2.67. The van der Waals surface area contributed by atoms with Crippen LogP contribution in [0.3, 0.4) is 0 Å². The molecule has 3 aliphatic rings. The van der Waals surface area contributed by atoms with E-state index in [1.54, 1.807) is 35.2 Å². The number of amides is 1. The van der Waals surface area contributed by atoms with Crippen molar-refractivity contribution in [1.29, 1.82) is 0 Å². The first-order chi connectivity index (χ1) is 10.6. The van der Waals surface area contributed by atoms with Crippen LogP contribution in [0.4, 0.5) is 5.69 Å². The van der Waals surface area contributed by atoms with Crippen molar-refractivity contribution >= 4 is 23.9 Å². The Morgan fingerprint density at radius 3 is 2.73 bits per heavy atom. The number of carbonyl (C=O) groups is 3. The first-order valence-electron chi connectivity index (χ1n) is 7.02. The summed E-state index contributed by atoms with van der Waals surface area (Å²) in [6, 6.07) is 6.63. The molecule has 2 unspecified atom stereocenters. The molecule has 4 atom stereocenters. The summed E-state index contributed by atoms with van der Waals surface area (Å²) in [5, 5.41) is 9.40. The number of fused-ring (bicyclic) bond motifs is 1. The fraction of sp³-hybridized carbons (Fsp3) is 0.312. The Hall–Kier alpha value is -2.47. The van der Waals surface area contributed by atoms with E-state index in [9.17, 15) is 19.5 Å². The number of aliphatic carboxylic acids is 1. The normalized spacial score (nSPS) is 35.0. The van der Waals surface area contributed by atoms with E-state index >= 15 is 0 Å². The molecule has 2 saturated heterocycles. The molecule has 112 valence electrons. The van der Waals surface area contributed by atoms with Gasteiger partial charge in [-0.05, 0) is 24.3 Å². The molecule has 6 nitrogen and oxygen atoms in total. The van der Waals surface area contributed by atoms with Crippen LogP contribution in [0.25, 0.3) is 0 Å². The molecule has 1 N–H and O–H groups in total. The number of nitrogens with zero attached hydrogens (tertiary/aromatic N) is 1. The Balaban J connectivity index is 1.71. The monoisotopic (exact) mass is 299 g/mol. The predicted octanol–water partition coefficient (Wildman–Crippen LogP) is 0.870. The van der Waals surface area contributed by atoms with Gasteiger partial charge in [0.1, 0.15) is 17.8 Å². The molecular weight excluding hydrogens is 286 g/mol. The lowest BCUT2D eigenvalue weighted by Crippen LogP contribution is -2.39. The first-order valence-corrected chi connectivity index (χ1v) is 7.02. The van der Waals surface area contributed by atoms with Crippen molar-refractivity contribution < 1.29 is 24.2 Å². The number of carbonyl (C=O) groups excluding carboxylic acids is 2. The maximum Gasteiger partial charge on any atom is 0.310 e. The van der Waals surface area contributed by atoms with Crippen molar-refractivity contribution in [2.24, 2.45) is 11.8 Å². The lowest BCUT2D eigenvalue weighted by atomic mass is 9.77. The molecule has 1 amide bonds. The Morgan fingerprint density at radius 2 is 2.09 bits per heavy atom. The van der Waals surface area contributed by atoms with Gasteiger partial charge in [-0.25, -0.2) is 0 Å². The molecular formula is C16H13NO5. The number of hydrogen-bond donors (Lipinski definition) is 1. The van der Waals surface area contributed by atoms with E-state index in [1.807, 2.05) is 6.08 Å². The van der Waals surface area contributed by atoms with E-state index in [1.165, 1.54) is 0 Å². The number of anilines is 1. The zero-order valence-electron chi connectivity index (χ0n) is 11.5. The maximum absolute atomic E-state index is 12.7. The minimum atomic E-state index is -1.01. The Kier molecular flexibility index (Phi) is 2.56. The summed E-state index contributed by atoms with van der Waals surface area (Å²) in [6.45, 7) is 0.299. The fourth-order valence-corrected chi connectivity index (χ4v) is 3.73. The number of aldehydes is 1. The molecule has 1 aromatic carbocycles. The smallest absolute Gasteiger partial charge is 0.310 e. The van der Waals surface area contributed by atoms with Crippen LogP contribution in [0.1, 0.15) is 10.4 Å². The lowest BCUT2D eigenvalue weighted by molar-refractivity contribution is -0.146. The molecule has 1 spiro atoms. The van der Waals surface area contributed by atoms with E-state index in [-0.39, 0.29) is 5.91 Å². The van der Waals surface area contributed by atoms with Crippen molar-refractivity contribution in [2.45, 2.75) is 11.7 Å². The topological polar surface area (TPSA) is 83.9 Å². The third-order valence-electron chi connectivity index (χ3n) is 4.73. The Labute approximate surface area is 126 Å². The summed E-state index contributed by atoms with van der Waals surface area (Å²) in [4.78, 5) is 36.5. The molecule has 3 aliphatic heterocycles. The van der Waals surface area contributed by atoms with Gasteiger partial charge in [-0.1, -0.05) is 12.2 Å². The van der Waals surface area contributed by atoms with Crippen LogP contribution >= 0.6 is 0 Å². The number of hydrogen-bond acceptors (Lipinski definition) is 4. The third-order valence-corrected chi connectivity index (χ3v) is 4.73. The maximum atomic E-state index is 12.7. The molecule has 2 bridgehead atoms. The van der Waals surface area contributed by atoms with E-state index in [2.05, 4.69) is 0 Å². The van der Waals surface area contributed by atoms with E-state index in [0.29, 0.717) is 17.8 Å². The van der Waals surface area contributed by atoms with Gasteiger partial charge in [-0.3, -0.25) is 14.4 Å². The second-order valence-electron chi connectivity index (χ2n) is 5.87. The molecule has 0 aliphatic carbocycles. The highest BCUT2D eigenvalue weighted by molar-refractivity contribution is 6.02. The van der Waals surface area contributed by atoms with E-state index in [4.69, 9.17) is 4.74 Å². The van der Waals surface area contributed by atoms with Gasteiger partial charge in [-0.2, -0.15) is 0 Å². The molecule has 0 aromatic heterocycles. The van der Waals surface area contributed by atoms with Gasteiger partial charge in [0.15, 0.2) is 0 Å². The summed E-state index contributed by atoms with van der Waals surface area (Å²) in [5.41, 5.74) is 0.326. The Morgan fingerprint density at radius 1 is 1.36 bits per heavy atom. The molecule has 6 heteroatoms. The molecule has 22 heavy (non-hydrogen) atoms. The molecule has 4 rings (SSSR count). The van der Waals surface area contributed by atoms with Gasteiger partial charge < -0.3 is 14.7 Å². The van der Waals surface area contributed by atoms with Crippen molar-refractivity contribution in [2.75, 3.05) is 11.4 Å². The number of benzene rings is 1. The standard InChI is InChI=1S/C16H13NO5/c18-7-9-1-3-10(4-2-9)17-8-16-6-5-11(22-16)12(15(20)21)13(16)14(17)19/h1-7,11-13H,8H2,(H,20,21)/t11-,12?,13?,16+/m1/s1. The minimum Gasteiger partial charge on any atom is -0.481 e. The lowest BCUT2D eigenvalue weighted by Gasteiger charge is -2.21. The second kappa shape index (κ2) is 4.27. The first kappa shape index (κ1) is 13.2. The second-order valence-corrected chi connectivity index (χ2v) is 5.87. The number of rotatable bonds is 3. The SMILES string of the molecule is O=Cc1ccc(N2C[C@]34C=C[C@@H](O3)C(C(=O)O)C4C2=O)cc1. The van der Waals surface area contributed by atoms with Crippen LogP contribution in [0.5, 0.6) is 0 Å². The number of carboxylic acids is 1. The molecule has 0 saturated carbocycles. The molecule has 0 radical (unpaired) electrons. The molecule has 2 fully saturated rings. The third kappa shape index (κ3) is 1.55. The van der Waals surface area contributed by atoms with Crippen molar-refractivity contribution in [3.05, 3.63) is 42.0 Å². The molecule has 3 heterocycles. The summed E-state index contributed by atoms with van der Waals surface area (Å²) >= 11 is 0. The van der Waals surface area contributed by atoms with E-state index in [0.717, 1.165) is 6.29 Å². The number of carboxylic acid groups (broad SMARTS) is 1. The molecule has 1 aromatic rings. The zero-order valence-corrected chi connectivity index (χ0v) is 11.5. The highest BCUT2D eigenvalue weighted by atomic mass is 16.5. The summed E-state index contributed by atoms with van der Waals surface area (Å²) in [6.07, 6.45) is 3.77. The fourth-order valence-electron chi connectivity index (χ4n) is 3.73. The predicted molar refractivity (Wildman–Crippen MR) is 75.5 cm³/mol. The zero-order chi connectivity index (χ0) is 15.5. The average molecular weight is 299 g/mol. The van der Waals surface area contributed by atoms with Gasteiger partial charge in [-0.15, -0.1) is 0 Å². The summed E-state index contributed by atoms with van der Waals surface area (Å²) in [7, 11) is 0.